The molecular formula is C19H22O2. The van der Waals surface area contributed by atoms with Gasteiger partial charge in [-0.2, -0.15) is 0 Å². The van der Waals surface area contributed by atoms with E-state index >= 15 is 0 Å². The first kappa shape index (κ1) is 16.6. The third-order valence-electron chi connectivity index (χ3n) is 2.86. The van der Waals surface area contributed by atoms with Crippen molar-refractivity contribution in [1.82, 2.24) is 0 Å². The summed E-state index contributed by atoms with van der Waals surface area (Å²) in [6, 6.07) is 15.1. The number of benzene rings is 2. The van der Waals surface area contributed by atoms with E-state index < -0.39 is 0 Å². The van der Waals surface area contributed by atoms with Crippen molar-refractivity contribution >= 4 is 0 Å². The van der Waals surface area contributed by atoms with Crippen LogP contribution < -0.4 is 4.74 Å². The fraction of sp³-hybridized carbons (Fsp3) is 0.158. The molecule has 0 radical (unpaired) electrons. The number of phenolic OH excluding ortho intramolecular Hbond substituents is 1. The van der Waals surface area contributed by atoms with Crippen LogP contribution in [-0.4, -0.2) is 12.2 Å². The van der Waals surface area contributed by atoms with Gasteiger partial charge < -0.3 is 9.84 Å². The van der Waals surface area contributed by atoms with Crippen molar-refractivity contribution in [3.63, 3.8) is 0 Å². The van der Waals surface area contributed by atoms with Crippen LogP contribution in [0.3, 0.4) is 0 Å². The molecule has 0 atom stereocenters. The SMILES string of the molecule is C=CCc1ccc(O)cc1.C=CCc1ccc(OC)cc1. The van der Waals surface area contributed by atoms with Gasteiger partial charge in [-0.3, -0.25) is 0 Å². The fourth-order valence-corrected chi connectivity index (χ4v) is 1.73. The summed E-state index contributed by atoms with van der Waals surface area (Å²) in [5.41, 5.74) is 2.44. The Morgan fingerprint density at radius 1 is 0.857 bits per heavy atom. The molecule has 0 unspecified atom stereocenters. The van der Waals surface area contributed by atoms with Crippen LogP contribution in [-0.2, 0) is 12.8 Å². The van der Waals surface area contributed by atoms with Crippen LogP contribution in [0.15, 0.2) is 73.8 Å². The van der Waals surface area contributed by atoms with E-state index in [4.69, 9.17) is 9.84 Å². The third kappa shape index (κ3) is 6.48. The Morgan fingerprint density at radius 2 is 1.29 bits per heavy atom. The van der Waals surface area contributed by atoms with Gasteiger partial charge in [0, 0.05) is 0 Å². The van der Waals surface area contributed by atoms with E-state index in [-0.39, 0.29) is 0 Å². The van der Waals surface area contributed by atoms with Crippen LogP contribution in [0.1, 0.15) is 11.1 Å². The summed E-state index contributed by atoms with van der Waals surface area (Å²) >= 11 is 0. The van der Waals surface area contributed by atoms with Gasteiger partial charge in [-0.1, -0.05) is 36.4 Å². The average Bonchev–Trinajstić information content (AvgIpc) is 2.52. The minimum atomic E-state index is 0.313. The molecule has 0 aromatic heterocycles. The van der Waals surface area contributed by atoms with E-state index in [1.54, 1.807) is 19.2 Å². The summed E-state index contributed by atoms with van der Waals surface area (Å²) in [7, 11) is 1.67. The smallest absolute Gasteiger partial charge is 0.118 e. The molecule has 0 aliphatic carbocycles. The molecule has 2 heteroatoms. The third-order valence-corrected chi connectivity index (χ3v) is 2.86. The molecule has 21 heavy (non-hydrogen) atoms. The van der Waals surface area contributed by atoms with Gasteiger partial charge in [-0.25, -0.2) is 0 Å². The van der Waals surface area contributed by atoms with Crippen molar-refractivity contribution in [2.45, 2.75) is 12.8 Å². The topological polar surface area (TPSA) is 29.5 Å². The molecular weight excluding hydrogens is 260 g/mol. The first-order valence-corrected chi connectivity index (χ1v) is 6.82. The maximum absolute atomic E-state index is 8.90. The summed E-state index contributed by atoms with van der Waals surface area (Å²) in [6.07, 6.45) is 5.51. The van der Waals surface area contributed by atoms with Crippen LogP contribution >= 0.6 is 0 Å². The second-order valence-electron chi connectivity index (χ2n) is 4.50. The van der Waals surface area contributed by atoms with Crippen molar-refractivity contribution in [3.8, 4) is 11.5 Å². The summed E-state index contributed by atoms with van der Waals surface area (Å²) in [5, 5.41) is 8.90. The maximum Gasteiger partial charge on any atom is 0.118 e. The highest BCUT2D eigenvalue weighted by Crippen LogP contribution is 2.11. The first-order chi connectivity index (χ1) is 10.2. The Kier molecular flexibility index (Phi) is 7.44. The lowest BCUT2D eigenvalue weighted by Gasteiger charge is -1.99. The summed E-state index contributed by atoms with van der Waals surface area (Å²) in [6.45, 7) is 7.28. The zero-order valence-corrected chi connectivity index (χ0v) is 12.5. The molecule has 1 N–H and O–H groups in total. The van der Waals surface area contributed by atoms with E-state index in [1.807, 2.05) is 48.6 Å². The number of phenols is 1. The first-order valence-electron chi connectivity index (χ1n) is 6.82. The number of methoxy groups -OCH3 is 1. The highest BCUT2D eigenvalue weighted by molar-refractivity contribution is 5.28. The largest absolute Gasteiger partial charge is 0.508 e. The molecule has 0 saturated carbocycles. The zero-order valence-electron chi connectivity index (χ0n) is 12.5. The molecule has 2 aromatic rings. The normalized spacial score (nSPS) is 9.19. The van der Waals surface area contributed by atoms with Crippen LogP contribution in [0.4, 0.5) is 0 Å². The van der Waals surface area contributed by atoms with Gasteiger partial charge in [0.25, 0.3) is 0 Å². The lowest BCUT2D eigenvalue weighted by Crippen LogP contribution is -1.83. The van der Waals surface area contributed by atoms with Crippen molar-refractivity contribution in [3.05, 3.63) is 85.0 Å². The van der Waals surface area contributed by atoms with E-state index in [0.29, 0.717) is 5.75 Å². The maximum atomic E-state index is 8.90. The number of allylic oxidation sites excluding steroid dienone is 2. The quantitative estimate of drug-likeness (QED) is 0.816. The predicted octanol–water partition coefficient (Wildman–Crippen LogP) is 4.54. The zero-order chi connectivity index (χ0) is 15.5. The highest BCUT2D eigenvalue weighted by Gasteiger charge is 1.90. The molecule has 2 aromatic carbocycles. The van der Waals surface area contributed by atoms with Crippen LogP contribution in [0.2, 0.25) is 0 Å². The molecule has 2 rings (SSSR count). The Labute approximate surface area is 127 Å². The average molecular weight is 282 g/mol. The van der Waals surface area contributed by atoms with Gasteiger partial charge in [0.05, 0.1) is 7.11 Å². The van der Waals surface area contributed by atoms with Crippen LogP contribution in [0.5, 0.6) is 11.5 Å². The molecule has 0 amide bonds. The van der Waals surface area contributed by atoms with Crippen LogP contribution in [0.25, 0.3) is 0 Å². The molecule has 0 aliphatic rings. The van der Waals surface area contributed by atoms with E-state index in [0.717, 1.165) is 18.6 Å². The Bertz CT molecular complexity index is 539. The molecule has 2 nitrogen and oxygen atoms in total. The molecule has 110 valence electrons. The molecule has 0 fully saturated rings. The Hall–Kier alpha value is -2.48. The standard InChI is InChI=1S/C10H12O.C9H10O/c1-3-4-9-5-7-10(11-2)8-6-9;1-2-3-8-4-6-9(10)7-5-8/h3,5-8H,1,4H2,2H3;2,4-7,10H,1,3H2. The summed E-state index contributed by atoms with van der Waals surface area (Å²) < 4.78 is 5.02. The monoisotopic (exact) mass is 282 g/mol. The number of hydrogen-bond acceptors (Lipinski definition) is 2. The van der Waals surface area contributed by atoms with Gasteiger partial charge in [-0.15, -0.1) is 13.2 Å². The van der Waals surface area contributed by atoms with Crippen molar-refractivity contribution in [2.24, 2.45) is 0 Å². The number of rotatable bonds is 5. The number of ether oxygens (including phenoxy) is 1. The lowest BCUT2D eigenvalue weighted by molar-refractivity contribution is 0.414. The number of aromatic hydroxyl groups is 1. The lowest BCUT2D eigenvalue weighted by atomic mass is 10.1. The van der Waals surface area contributed by atoms with E-state index in [1.165, 1.54) is 11.1 Å². The van der Waals surface area contributed by atoms with E-state index in [2.05, 4.69) is 13.2 Å². The second-order valence-corrected chi connectivity index (χ2v) is 4.50. The molecule has 0 spiro atoms. The summed E-state index contributed by atoms with van der Waals surface area (Å²) in [4.78, 5) is 0. The molecule has 0 bridgehead atoms. The molecule has 0 saturated heterocycles. The summed E-state index contributed by atoms with van der Waals surface area (Å²) in [5.74, 6) is 1.21. The Balaban J connectivity index is 0.000000211. The van der Waals surface area contributed by atoms with Gasteiger partial charge in [0.2, 0.25) is 0 Å². The minimum absolute atomic E-state index is 0.313. The molecule has 0 heterocycles. The van der Waals surface area contributed by atoms with Crippen molar-refractivity contribution in [2.75, 3.05) is 7.11 Å². The highest BCUT2D eigenvalue weighted by atomic mass is 16.5. The van der Waals surface area contributed by atoms with E-state index in [9.17, 15) is 0 Å². The van der Waals surface area contributed by atoms with Gasteiger partial charge in [0.1, 0.15) is 11.5 Å². The number of hydrogen-bond donors (Lipinski definition) is 1. The predicted molar refractivity (Wildman–Crippen MR) is 88.9 cm³/mol. The van der Waals surface area contributed by atoms with Crippen molar-refractivity contribution in [1.29, 1.82) is 0 Å². The Morgan fingerprint density at radius 3 is 1.67 bits per heavy atom. The van der Waals surface area contributed by atoms with Crippen LogP contribution in [0, 0.1) is 0 Å². The minimum Gasteiger partial charge on any atom is -0.508 e. The fourth-order valence-electron chi connectivity index (χ4n) is 1.73. The molecule has 0 aliphatic heterocycles. The van der Waals surface area contributed by atoms with Gasteiger partial charge in [-0.05, 0) is 48.2 Å². The van der Waals surface area contributed by atoms with Gasteiger partial charge in [0.15, 0.2) is 0 Å². The van der Waals surface area contributed by atoms with Gasteiger partial charge >= 0.3 is 0 Å². The second kappa shape index (κ2) is 9.43. The van der Waals surface area contributed by atoms with Crippen molar-refractivity contribution < 1.29 is 9.84 Å².